The van der Waals surface area contributed by atoms with E-state index in [1.54, 1.807) is 7.11 Å². The van der Waals surface area contributed by atoms with Gasteiger partial charge in [0.2, 0.25) is 0 Å². The Morgan fingerprint density at radius 2 is 1.75 bits per heavy atom. The van der Waals surface area contributed by atoms with E-state index in [-0.39, 0.29) is 0 Å². The number of rotatable bonds is 7. The number of benzene rings is 2. The Morgan fingerprint density at radius 3 is 2.45 bits per heavy atom. The number of methoxy groups -OCH3 is 1. The average molecular weight is 271 g/mol. The Kier molecular flexibility index (Phi) is 5.44. The van der Waals surface area contributed by atoms with Gasteiger partial charge in [-0.25, -0.2) is 0 Å². The van der Waals surface area contributed by atoms with Crippen molar-refractivity contribution in [2.24, 2.45) is 5.73 Å². The third-order valence-electron chi connectivity index (χ3n) is 3.17. The van der Waals surface area contributed by atoms with Crippen molar-refractivity contribution in [3.05, 3.63) is 59.7 Å². The SMILES string of the molecule is COc1cc(CN)ccc1OCCCc1ccccc1. The zero-order chi connectivity index (χ0) is 14.2. The summed E-state index contributed by atoms with van der Waals surface area (Å²) in [4.78, 5) is 0. The van der Waals surface area contributed by atoms with Gasteiger partial charge in [-0.2, -0.15) is 0 Å². The molecule has 3 heteroatoms. The van der Waals surface area contributed by atoms with Crippen molar-refractivity contribution in [1.82, 2.24) is 0 Å². The molecule has 0 heterocycles. The molecule has 2 N–H and O–H groups in total. The average Bonchev–Trinajstić information content (AvgIpc) is 2.52. The van der Waals surface area contributed by atoms with Crippen LogP contribution in [-0.4, -0.2) is 13.7 Å². The van der Waals surface area contributed by atoms with Crippen LogP contribution < -0.4 is 15.2 Å². The summed E-state index contributed by atoms with van der Waals surface area (Å²) in [6.07, 6.45) is 2.00. The smallest absolute Gasteiger partial charge is 0.161 e. The van der Waals surface area contributed by atoms with E-state index in [1.807, 2.05) is 24.3 Å². The summed E-state index contributed by atoms with van der Waals surface area (Å²) in [5.74, 6) is 1.52. The highest BCUT2D eigenvalue weighted by Gasteiger charge is 2.05. The van der Waals surface area contributed by atoms with Crippen LogP contribution in [0.3, 0.4) is 0 Å². The monoisotopic (exact) mass is 271 g/mol. The Balaban J connectivity index is 1.85. The molecule has 0 saturated heterocycles. The van der Waals surface area contributed by atoms with Crippen molar-refractivity contribution < 1.29 is 9.47 Å². The first-order valence-corrected chi connectivity index (χ1v) is 6.87. The maximum atomic E-state index is 5.78. The summed E-state index contributed by atoms with van der Waals surface area (Å²) in [5.41, 5.74) is 7.99. The van der Waals surface area contributed by atoms with E-state index in [9.17, 15) is 0 Å². The van der Waals surface area contributed by atoms with Crippen LogP contribution >= 0.6 is 0 Å². The Bertz CT molecular complexity index is 526. The lowest BCUT2D eigenvalue weighted by Crippen LogP contribution is -2.02. The van der Waals surface area contributed by atoms with Crippen LogP contribution in [0.15, 0.2) is 48.5 Å². The predicted molar refractivity (Wildman–Crippen MR) is 81.1 cm³/mol. The predicted octanol–water partition coefficient (Wildman–Crippen LogP) is 3.17. The number of ether oxygens (including phenoxy) is 2. The maximum absolute atomic E-state index is 5.78. The first-order chi connectivity index (χ1) is 9.83. The molecule has 0 aliphatic heterocycles. The van der Waals surface area contributed by atoms with Gasteiger partial charge in [-0.3, -0.25) is 0 Å². The van der Waals surface area contributed by atoms with E-state index in [0.29, 0.717) is 13.2 Å². The molecule has 0 aliphatic carbocycles. The molecule has 106 valence electrons. The summed E-state index contributed by atoms with van der Waals surface area (Å²) in [7, 11) is 1.65. The minimum absolute atomic E-state index is 0.505. The van der Waals surface area contributed by atoms with E-state index >= 15 is 0 Å². The van der Waals surface area contributed by atoms with Crippen LogP contribution in [0.1, 0.15) is 17.5 Å². The fraction of sp³-hybridized carbons (Fsp3) is 0.294. The highest BCUT2D eigenvalue weighted by molar-refractivity contribution is 5.42. The zero-order valence-electron chi connectivity index (χ0n) is 11.8. The molecule has 20 heavy (non-hydrogen) atoms. The Labute approximate surface area is 120 Å². The summed E-state index contributed by atoms with van der Waals surface area (Å²) in [6.45, 7) is 1.18. The molecule has 2 aromatic rings. The minimum Gasteiger partial charge on any atom is -0.493 e. The van der Waals surface area contributed by atoms with Crippen LogP contribution in [0.5, 0.6) is 11.5 Å². The number of hydrogen-bond donors (Lipinski definition) is 1. The van der Waals surface area contributed by atoms with Gasteiger partial charge in [0.05, 0.1) is 13.7 Å². The van der Waals surface area contributed by atoms with E-state index < -0.39 is 0 Å². The van der Waals surface area contributed by atoms with Crippen molar-refractivity contribution >= 4 is 0 Å². The highest BCUT2D eigenvalue weighted by atomic mass is 16.5. The fourth-order valence-corrected chi connectivity index (χ4v) is 2.06. The van der Waals surface area contributed by atoms with Crippen LogP contribution in [-0.2, 0) is 13.0 Å². The first kappa shape index (κ1) is 14.4. The second-order valence-electron chi connectivity index (χ2n) is 4.63. The molecule has 0 bridgehead atoms. The van der Waals surface area contributed by atoms with Gasteiger partial charge in [0.25, 0.3) is 0 Å². The van der Waals surface area contributed by atoms with Crippen LogP contribution in [0, 0.1) is 0 Å². The van der Waals surface area contributed by atoms with Gasteiger partial charge in [-0.05, 0) is 36.1 Å². The standard InChI is InChI=1S/C17H21NO2/c1-19-17-12-15(13-18)9-10-16(17)20-11-5-8-14-6-3-2-4-7-14/h2-4,6-7,9-10,12H,5,8,11,13,18H2,1H3. The topological polar surface area (TPSA) is 44.5 Å². The quantitative estimate of drug-likeness (QED) is 0.787. The summed E-state index contributed by atoms with van der Waals surface area (Å²) in [6, 6.07) is 16.2. The third-order valence-corrected chi connectivity index (χ3v) is 3.17. The van der Waals surface area contributed by atoms with Gasteiger partial charge in [0.1, 0.15) is 0 Å². The molecule has 0 atom stereocenters. The second-order valence-corrected chi connectivity index (χ2v) is 4.63. The first-order valence-electron chi connectivity index (χ1n) is 6.87. The molecule has 0 saturated carbocycles. The molecule has 3 nitrogen and oxygen atoms in total. The van der Waals surface area contributed by atoms with Gasteiger partial charge >= 0.3 is 0 Å². The van der Waals surface area contributed by atoms with Crippen LogP contribution in [0.2, 0.25) is 0 Å². The maximum Gasteiger partial charge on any atom is 0.161 e. The zero-order valence-corrected chi connectivity index (χ0v) is 11.8. The van der Waals surface area contributed by atoms with Crippen molar-refractivity contribution in [2.75, 3.05) is 13.7 Å². The molecule has 0 radical (unpaired) electrons. The van der Waals surface area contributed by atoms with Crippen molar-refractivity contribution in [1.29, 1.82) is 0 Å². The van der Waals surface area contributed by atoms with Crippen LogP contribution in [0.25, 0.3) is 0 Å². The summed E-state index contributed by atoms with van der Waals surface area (Å²) < 4.78 is 11.1. The van der Waals surface area contributed by atoms with Gasteiger partial charge in [0, 0.05) is 6.54 Å². The normalized spacial score (nSPS) is 10.3. The molecule has 0 unspecified atom stereocenters. The molecule has 0 aliphatic rings. The molecular formula is C17H21NO2. The molecular weight excluding hydrogens is 250 g/mol. The van der Waals surface area contributed by atoms with E-state index in [4.69, 9.17) is 15.2 Å². The lowest BCUT2D eigenvalue weighted by atomic mass is 10.1. The Hall–Kier alpha value is -2.00. The van der Waals surface area contributed by atoms with Crippen molar-refractivity contribution in [2.45, 2.75) is 19.4 Å². The van der Waals surface area contributed by atoms with E-state index in [0.717, 1.165) is 29.9 Å². The largest absolute Gasteiger partial charge is 0.493 e. The summed E-state index contributed by atoms with van der Waals surface area (Å²) in [5, 5.41) is 0. The molecule has 0 amide bonds. The number of nitrogens with two attached hydrogens (primary N) is 1. The van der Waals surface area contributed by atoms with Gasteiger partial charge < -0.3 is 15.2 Å². The minimum atomic E-state index is 0.505. The van der Waals surface area contributed by atoms with Crippen molar-refractivity contribution in [3.63, 3.8) is 0 Å². The second kappa shape index (κ2) is 7.56. The molecule has 0 aromatic heterocycles. The number of hydrogen-bond acceptors (Lipinski definition) is 3. The lowest BCUT2D eigenvalue weighted by Gasteiger charge is -2.11. The van der Waals surface area contributed by atoms with Crippen molar-refractivity contribution in [3.8, 4) is 11.5 Å². The Morgan fingerprint density at radius 1 is 0.950 bits per heavy atom. The van der Waals surface area contributed by atoms with Gasteiger partial charge in [-0.1, -0.05) is 36.4 Å². The highest BCUT2D eigenvalue weighted by Crippen LogP contribution is 2.28. The number of aryl methyl sites for hydroxylation is 1. The summed E-state index contributed by atoms with van der Waals surface area (Å²) >= 11 is 0. The van der Waals surface area contributed by atoms with Crippen LogP contribution in [0.4, 0.5) is 0 Å². The van der Waals surface area contributed by atoms with Gasteiger partial charge in [0.15, 0.2) is 11.5 Å². The lowest BCUT2D eigenvalue weighted by molar-refractivity contribution is 0.289. The molecule has 0 fully saturated rings. The third kappa shape index (κ3) is 4.00. The van der Waals surface area contributed by atoms with E-state index in [1.165, 1.54) is 5.56 Å². The van der Waals surface area contributed by atoms with E-state index in [2.05, 4.69) is 24.3 Å². The fourth-order valence-electron chi connectivity index (χ4n) is 2.06. The van der Waals surface area contributed by atoms with Gasteiger partial charge in [-0.15, -0.1) is 0 Å². The molecule has 2 rings (SSSR count). The molecule has 0 spiro atoms. The molecule has 2 aromatic carbocycles.